The first-order valence-corrected chi connectivity index (χ1v) is 9.46. The molecule has 4 rings (SSSR count). The number of fused-ring (bicyclic) bond motifs is 2. The number of primary amides is 1. The molecule has 0 aliphatic heterocycles. The van der Waals surface area contributed by atoms with Crippen molar-refractivity contribution in [1.29, 1.82) is 0 Å². The molecule has 148 valence electrons. The highest BCUT2D eigenvalue weighted by molar-refractivity contribution is 6.31. The van der Waals surface area contributed by atoms with Crippen LogP contribution < -0.4 is 11.1 Å². The smallest absolute Gasteiger partial charge is 0.284 e. The Balaban J connectivity index is 1.62. The number of aryl methyl sites for hydroxylation is 2. The number of nitrogens with two attached hydrogens (primary N) is 1. The van der Waals surface area contributed by atoms with Crippen molar-refractivity contribution < 1.29 is 9.59 Å². The van der Waals surface area contributed by atoms with E-state index in [-0.39, 0.29) is 17.8 Å². The SMILES string of the molecule is CC(NC(=O)c1cc2ccc(Cl)cc2n1C)c1ccc2c(c1)nc(C(N)=O)n2C. The number of halogens is 1. The van der Waals surface area contributed by atoms with Crippen molar-refractivity contribution in [3.8, 4) is 0 Å². The zero-order valence-electron chi connectivity index (χ0n) is 16.2. The quantitative estimate of drug-likeness (QED) is 0.541. The van der Waals surface area contributed by atoms with Crippen LogP contribution in [0.4, 0.5) is 0 Å². The van der Waals surface area contributed by atoms with E-state index in [0.717, 1.165) is 22.0 Å². The van der Waals surface area contributed by atoms with Gasteiger partial charge in [0.1, 0.15) is 5.69 Å². The van der Waals surface area contributed by atoms with Gasteiger partial charge >= 0.3 is 0 Å². The molecule has 0 saturated heterocycles. The number of carbonyl (C=O) groups is 2. The normalized spacial score (nSPS) is 12.4. The van der Waals surface area contributed by atoms with Crippen molar-refractivity contribution in [1.82, 2.24) is 19.4 Å². The highest BCUT2D eigenvalue weighted by Gasteiger charge is 2.18. The molecule has 1 unspecified atom stereocenters. The van der Waals surface area contributed by atoms with Gasteiger partial charge in [-0.1, -0.05) is 23.7 Å². The molecule has 3 N–H and O–H groups in total. The molecule has 2 aromatic carbocycles. The molecule has 1 atom stereocenters. The number of nitrogens with one attached hydrogen (secondary N) is 1. The van der Waals surface area contributed by atoms with Crippen LogP contribution >= 0.6 is 11.6 Å². The van der Waals surface area contributed by atoms with E-state index < -0.39 is 5.91 Å². The van der Waals surface area contributed by atoms with E-state index in [2.05, 4.69) is 10.3 Å². The fraction of sp³-hybridized carbons (Fsp3) is 0.190. The third kappa shape index (κ3) is 3.23. The number of nitrogens with zero attached hydrogens (tertiary/aromatic N) is 3. The van der Waals surface area contributed by atoms with E-state index in [4.69, 9.17) is 17.3 Å². The Hall–Kier alpha value is -3.32. The second-order valence-electron chi connectivity index (χ2n) is 7.09. The van der Waals surface area contributed by atoms with E-state index in [1.165, 1.54) is 0 Å². The van der Waals surface area contributed by atoms with Crippen LogP contribution in [0, 0.1) is 0 Å². The highest BCUT2D eigenvalue weighted by atomic mass is 35.5. The summed E-state index contributed by atoms with van der Waals surface area (Å²) >= 11 is 6.07. The maximum Gasteiger partial charge on any atom is 0.284 e. The van der Waals surface area contributed by atoms with Gasteiger partial charge in [0.05, 0.1) is 17.1 Å². The topological polar surface area (TPSA) is 94.9 Å². The Kier molecular flexibility index (Phi) is 4.55. The third-order valence-electron chi connectivity index (χ3n) is 5.21. The fourth-order valence-corrected chi connectivity index (χ4v) is 3.75. The van der Waals surface area contributed by atoms with Crippen molar-refractivity contribution in [2.75, 3.05) is 0 Å². The Morgan fingerprint density at radius 3 is 2.55 bits per heavy atom. The van der Waals surface area contributed by atoms with Gasteiger partial charge in [-0.25, -0.2) is 4.98 Å². The minimum atomic E-state index is -0.581. The van der Waals surface area contributed by atoms with E-state index >= 15 is 0 Å². The highest BCUT2D eigenvalue weighted by Crippen LogP contribution is 2.24. The molecule has 8 heteroatoms. The second kappa shape index (κ2) is 6.93. The lowest BCUT2D eigenvalue weighted by Gasteiger charge is -2.15. The van der Waals surface area contributed by atoms with Gasteiger partial charge in [0.25, 0.3) is 11.8 Å². The van der Waals surface area contributed by atoms with E-state index in [9.17, 15) is 9.59 Å². The standard InChI is InChI=1S/C21H20ClN5O2/c1-11(12-5-7-16-15(8-12)25-20(19(23)28)27(16)3)24-21(29)18-9-13-4-6-14(22)10-17(13)26(18)2/h4-11H,1-3H3,(H2,23,28)(H,24,29). The number of rotatable bonds is 4. The summed E-state index contributed by atoms with van der Waals surface area (Å²) in [6, 6.07) is 12.7. The van der Waals surface area contributed by atoms with Gasteiger partial charge in [-0.15, -0.1) is 0 Å². The molecule has 2 aromatic heterocycles. The molecule has 0 spiro atoms. The number of benzene rings is 2. The van der Waals surface area contributed by atoms with E-state index in [1.807, 2.05) is 54.9 Å². The second-order valence-corrected chi connectivity index (χ2v) is 7.53. The molecule has 0 aliphatic rings. The number of carbonyl (C=O) groups excluding carboxylic acids is 2. The maximum atomic E-state index is 12.9. The molecular weight excluding hydrogens is 390 g/mol. The van der Waals surface area contributed by atoms with Gasteiger partial charge in [0.15, 0.2) is 5.82 Å². The van der Waals surface area contributed by atoms with Crippen molar-refractivity contribution >= 4 is 45.4 Å². The number of imidazole rings is 1. The van der Waals surface area contributed by atoms with Gasteiger partial charge in [-0.05, 0) is 42.8 Å². The van der Waals surface area contributed by atoms with E-state index in [0.29, 0.717) is 16.2 Å². The summed E-state index contributed by atoms with van der Waals surface area (Å²) in [5.74, 6) is -0.572. The first-order chi connectivity index (χ1) is 13.8. The van der Waals surface area contributed by atoms with Gasteiger partial charge in [0, 0.05) is 30.0 Å². The van der Waals surface area contributed by atoms with Crippen LogP contribution in [0.15, 0.2) is 42.5 Å². The monoisotopic (exact) mass is 409 g/mol. The maximum absolute atomic E-state index is 12.9. The summed E-state index contributed by atoms with van der Waals surface area (Å²) in [4.78, 5) is 28.7. The number of aromatic nitrogens is 3. The molecule has 2 amide bonds. The number of hydrogen-bond donors (Lipinski definition) is 2. The lowest BCUT2D eigenvalue weighted by Crippen LogP contribution is -2.28. The van der Waals surface area contributed by atoms with Crippen LogP contribution in [0.2, 0.25) is 5.02 Å². The van der Waals surface area contributed by atoms with Crippen LogP contribution in [0.5, 0.6) is 0 Å². The molecule has 0 saturated carbocycles. The first kappa shape index (κ1) is 19.0. The summed E-state index contributed by atoms with van der Waals surface area (Å²) < 4.78 is 3.48. The average Bonchev–Trinajstić information content (AvgIpc) is 3.19. The summed E-state index contributed by atoms with van der Waals surface area (Å²) in [5, 5.41) is 4.59. The molecule has 7 nitrogen and oxygen atoms in total. The zero-order chi connectivity index (χ0) is 20.9. The zero-order valence-corrected chi connectivity index (χ0v) is 17.0. The Bertz CT molecular complexity index is 1290. The molecule has 0 radical (unpaired) electrons. The predicted octanol–water partition coefficient (Wildman–Crippen LogP) is 3.31. The van der Waals surface area contributed by atoms with E-state index in [1.54, 1.807) is 17.7 Å². The van der Waals surface area contributed by atoms with Crippen LogP contribution in [-0.2, 0) is 14.1 Å². The predicted molar refractivity (Wildman–Crippen MR) is 113 cm³/mol. The Labute approximate surface area is 172 Å². The number of hydrogen-bond acceptors (Lipinski definition) is 3. The summed E-state index contributed by atoms with van der Waals surface area (Å²) in [6.07, 6.45) is 0. The fourth-order valence-electron chi connectivity index (χ4n) is 3.58. The van der Waals surface area contributed by atoms with Crippen molar-refractivity contribution in [3.63, 3.8) is 0 Å². The molecule has 4 aromatic rings. The Morgan fingerprint density at radius 1 is 1.07 bits per heavy atom. The van der Waals surface area contributed by atoms with Gasteiger partial charge in [-0.2, -0.15) is 0 Å². The third-order valence-corrected chi connectivity index (χ3v) is 5.45. The van der Waals surface area contributed by atoms with Crippen LogP contribution in [0.25, 0.3) is 21.9 Å². The van der Waals surface area contributed by atoms with Gasteiger partial charge < -0.3 is 20.2 Å². The van der Waals surface area contributed by atoms with Crippen molar-refractivity contribution in [2.24, 2.45) is 19.8 Å². The molecule has 0 aliphatic carbocycles. The average molecular weight is 410 g/mol. The minimum absolute atomic E-state index is 0.189. The summed E-state index contributed by atoms with van der Waals surface area (Å²) in [5.41, 5.74) is 9.14. The molecular formula is C21H20ClN5O2. The van der Waals surface area contributed by atoms with Crippen molar-refractivity contribution in [2.45, 2.75) is 13.0 Å². The lowest BCUT2D eigenvalue weighted by molar-refractivity contribution is 0.0931. The van der Waals surface area contributed by atoms with Crippen LogP contribution in [0.3, 0.4) is 0 Å². The van der Waals surface area contributed by atoms with Crippen LogP contribution in [0.1, 0.15) is 39.6 Å². The largest absolute Gasteiger partial charge is 0.363 e. The van der Waals surface area contributed by atoms with Gasteiger partial charge in [0.2, 0.25) is 0 Å². The molecule has 2 heterocycles. The molecule has 29 heavy (non-hydrogen) atoms. The summed E-state index contributed by atoms with van der Waals surface area (Å²) in [7, 11) is 3.58. The first-order valence-electron chi connectivity index (χ1n) is 9.08. The lowest BCUT2D eigenvalue weighted by atomic mass is 10.1. The minimum Gasteiger partial charge on any atom is -0.363 e. The van der Waals surface area contributed by atoms with Gasteiger partial charge in [-0.3, -0.25) is 9.59 Å². The Morgan fingerprint density at radius 2 is 1.83 bits per heavy atom. The molecule has 0 bridgehead atoms. The summed E-state index contributed by atoms with van der Waals surface area (Å²) in [6.45, 7) is 1.90. The molecule has 0 fully saturated rings. The van der Waals surface area contributed by atoms with Crippen molar-refractivity contribution in [3.05, 3.63) is 64.6 Å². The van der Waals surface area contributed by atoms with Crippen LogP contribution in [-0.4, -0.2) is 25.9 Å². The number of amides is 2.